The highest BCUT2D eigenvalue weighted by molar-refractivity contribution is 14.0. The molecule has 28 heavy (non-hydrogen) atoms. The van der Waals surface area contributed by atoms with E-state index in [1.165, 1.54) is 16.0 Å². The Bertz CT molecular complexity index is 836. The smallest absolute Gasteiger partial charge is 0.244 e. The van der Waals surface area contributed by atoms with Crippen LogP contribution in [-0.2, 0) is 24.3 Å². The second-order valence-electron chi connectivity index (χ2n) is 6.62. The minimum atomic E-state index is 0. The van der Waals surface area contributed by atoms with Crippen molar-refractivity contribution in [3.63, 3.8) is 0 Å². The van der Waals surface area contributed by atoms with E-state index in [1.54, 1.807) is 11.3 Å². The van der Waals surface area contributed by atoms with E-state index in [2.05, 4.69) is 38.8 Å². The predicted molar refractivity (Wildman–Crippen MR) is 125 cm³/mol. The summed E-state index contributed by atoms with van der Waals surface area (Å²) in [5, 5.41) is 7.57. The van der Waals surface area contributed by atoms with Crippen molar-refractivity contribution < 1.29 is 4.79 Å². The van der Waals surface area contributed by atoms with E-state index < -0.39 is 0 Å². The first-order valence-electron chi connectivity index (χ1n) is 9.36. The fourth-order valence-corrected chi connectivity index (χ4v) is 4.08. The van der Waals surface area contributed by atoms with Crippen LogP contribution in [-0.4, -0.2) is 41.4 Å². The van der Waals surface area contributed by atoms with Crippen LogP contribution < -0.4 is 10.6 Å². The monoisotopic (exact) mass is 513 g/mol. The SMILES string of the molecule is CCNC(=NCC(=O)N1CCc2ccccc2C1)NCc1sc(C)nc1C.I. The average molecular weight is 513 g/mol. The molecule has 8 heteroatoms. The van der Waals surface area contributed by atoms with Crippen molar-refractivity contribution in [3.8, 4) is 0 Å². The third-order valence-electron chi connectivity index (χ3n) is 4.62. The first kappa shape index (κ1) is 22.6. The summed E-state index contributed by atoms with van der Waals surface area (Å²) in [6.45, 7) is 9.04. The van der Waals surface area contributed by atoms with E-state index in [4.69, 9.17) is 0 Å². The number of halogens is 1. The number of thiazole rings is 1. The van der Waals surface area contributed by atoms with E-state index in [9.17, 15) is 4.79 Å². The Labute approximate surface area is 187 Å². The number of guanidine groups is 1. The van der Waals surface area contributed by atoms with Gasteiger partial charge in [0.15, 0.2) is 5.96 Å². The number of carbonyl (C=O) groups is 1. The average Bonchev–Trinajstić information content (AvgIpc) is 3.00. The lowest BCUT2D eigenvalue weighted by Crippen LogP contribution is -2.40. The van der Waals surface area contributed by atoms with Crippen molar-refractivity contribution in [1.29, 1.82) is 0 Å². The molecule has 0 atom stereocenters. The van der Waals surface area contributed by atoms with Crippen LogP contribution in [0.3, 0.4) is 0 Å². The van der Waals surface area contributed by atoms with Gasteiger partial charge >= 0.3 is 0 Å². The van der Waals surface area contributed by atoms with Crippen molar-refractivity contribution in [1.82, 2.24) is 20.5 Å². The summed E-state index contributed by atoms with van der Waals surface area (Å²) in [4.78, 5) is 24.6. The van der Waals surface area contributed by atoms with Crippen LogP contribution in [0.4, 0.5) is 0 Å². The molecule has 0 aliphatic carbocycles. The van der Waals surface area contributed by atoms with Crippen molar-refractivity contribution in [2.24, 2.45) is 4.99 Å². The zero-order valence-electron chi connectivity index (χ0n) is 16.6. The van der Waals surface area contributed by atoms with Crippen LogP contribution in [0, 0.1) is 13.8 Å². The van der Waals surface area contributed by atoms with Crippen molar-refractivity contribution >= 4 is 47.2 Å². The van der Waals surface area contributed by atoms with E-state index in [0.29, 0.717) is 19.0 Å². The van der Waals surface area contributed by atoms with Crippen LogP contribution in [0.5, 0.6) is 0 Å². The number of fused-ring (bicyclic) bond motifs is 1. The van der Waals surface area contributed by atoms with Gasteiger partial charge in [0.2, 0.25) is 5.91 Å². The molecule has 0 radical (unpaired) electrons. The zero-order chi connectivity index (χ0) is 19.2. The van der Waals surface area contributed by atoms with Crippen LogP contribution in [0.25, 0.3) is 0 Å². The van der Waals surface area contributed by atoms with Crippen LogP contribution in [0.15, 0.2) is 29.3 Å². The molecule has 152 valence electrons. The summed E-state index contributed by atoms with van der Waals surface area (Å²) in [5.74, 6) is 0.722. The third-order valence-corrected chi connectivity index (χ3v) is 5.69. The number of aryl methyl sites for hydroxylation is 2. The Balaban J connectivity index is 0.00000280. The molecule has 0 unspecified atom stereocenters. The van der Waals surface area contributed by atoms with E-state index >= 15 is 0 Å². The number of benzene rings is 1. The first-order valence-corrected chi connectivity index (χ1v) is 10.2. The van der Waals surface area contributed by atoms with E-state index in [1.807, 2.05) is 31.7 Å². The van der Waals surface area contributed by atoms with Gasteiger partial charge in [0.1, 0.15) is 6.54 Å². The van der Waals surface area contributed by atoms with Crippen molar-refractivity contribution in [2.45, 2.75) is 40.3 Å². The van der Waals surface area contributed by atoms with Crippen molar-refractivity contribution in [2.75, 3.05) is 19.6 Å². The van der Waals surface area contributed by atoms with Gasteiger partial charge in [-0.3, -0.25) is 4.79 Å². The Morgan fingerprint density at radius 3 is 2.68 bits per heavy atom. The normalized spacial score (nSPS) is 13.5. The van der Waals surface area contributed by atoms with Gasteiger partial charge in [0.05, 0.1) is 17.2 Å². The van der Waals surface area contributed by atoms with Crippen molar-refractivity contribution in [3.05, 3.63) is 51.0 Å². The van der Waals surface area contributed by atoms with Gasteiger partial charge in [0, 0.05) is 24.5 Å². The number of hydrogen-bond acceptors (Lipinski definition) is 4. The number of aliphatic imine (C=N–C) groups is 1. The molecule has 6 nitrogen and oxygen atoms in total. The van der Waals surface area contributed by atoms with Gasteiger partial charge in [-0.2, -0.15) is 0 Å². The maximum absolute atomic E-state index is 12.6. The lowest BCUT2D eigenvalue weighted by Gasteiger charge is -2.28. The number of hydrogen-bond donors (Lipinski definition) is 2. The lowest BCUT2D eigenvalue weighted by molar-refractivity contribution is -0.130. The second kappa shape index (κ2) is 10.8. The molecular weight excluding hydrogens is 485 g/mol. The van der Waals surface area contributed by atoms with Gasteiger partial charge in [-0.05, 0) is 38.3 Å². The summed E-state index contributed by atoms with van der Waals surface area (Å²) < 4.78 is 0. The maximum atomic E-state index is 12.6. The fraction of sp³-hybridized carbons (Fsp3) is 0.450. The molecule has 0 bridgehead atoms. The van der Waals surface area contributed by atoms with Crippen LogP contribution in [0.2, 0.25) is 0 Å². The molecule has 1 aliphatic rings. The number of rotatable bonds is 5. The van der Waals surface area contributed by atoms with E-state index in [-0.39, 0.29) is 36.4 Å². The molecule has 0 saturated carbocycles. The number of amides is 1. The van der Waals surface area contributed by atoms with E-state index in [0.717, 1.165) is 30.2 Å². The Morgan fingerprint density at radius 1 is 1.25 bits per heavy atom. The minimum absolute atomic E-state index is 0. The highest BCUT2D eigenvalue weighted by Crippen LogP contribution is 2.18. The van der Waals surface area contributed by atoms with Gasteiger partial charge in [-0.25, -0.2) is 9.98 Å². The van der Waals surface area contributed by atoms with Gasteiger partial charge in [-0.1, -0.05) is 24.3 Å². The largest absolute Gasteiger partial charge is 0.357 e. The Kier molecular flexibility index (Phi) is 8.68. The molecule has 0 fully saturated rings. The summed E-state index contributed by atoms with van der Waals surface area (Å²) in [6, 6.07) is 8.33. The fourth-order valence-electron chi connectivity index (χ4n) is 3.20. The molecule has 2 N–H and O–H groups in total. The highest BCUT2D eigenvalue weighted by Gasteiger charge is 2.20. The molecular formula is C20H28IN5OS. The standard InChI is InChI=1S/C20H27N5OS.HI/c1-4-21-20(22-11-18-14(2)24-15(3)27-18)23-12-19(26)25-10-9-16-7-5-6-8-17(16)13-25;/h5-8H,4,9-13H2,1-3H3,(H2,21,22,23);1H. The number of nitrogens with one attached hydrogen (secondary N) is 2. The number of aromatic nitrogens is 1. The lowest BCUT2D eigenvalue weighted by atomic mass is 10.00. The van der Waals surface area contributed by atoms with Gasteiger partial charge in [-0.15, -0.1) is 35.3 Å². The number of nitrogens with zero attached hydrogens (tertiary/aromatic N) is 3. The topological polar surface area (TPSA) is 69.6 Å². The van der Waals surface area contributed by atoms with Gasteiger partial charge < -0.3 is 15.5 Å². The molecule has 0 saturated heterocycles. The molecule has 1 aromatic heterocycles. The molecule has 1 aromatic carbocycles. The maximum Gasteiger partial charge on any atom is 0.244 e. The summed E-state index contributed by atoms with van der Waals surface area (Å²) in [5.41, 5.74) is 3.63. The molecule has 2 heterocycles. The Morgan fingerprint density at radius 2 is 2.00 bits per heavy atom. The van der Waals surface area contributed by atoms with Crippen LogP contribution >= 0.6 is 35.3 Å². The highest BCUT2D eigenvalue weighted by atomic mass is 127. The van der Waals surface area contributed by atoms with Crippen LogP contribution in [0.1, 0.15) is 33.6 Å². The summed E-state index contributed by atoms with van der Waals surface area (Å²) in [6.07, 6.45) is 0.911. The minimum Gasteiger partial charge on any atom is -0.357 e. The molecule has 1 aliphatic heterocycles. The van der Waals surface area contributed by atoms with Gasteiger partial charge in [0.25, 0.3) is 0 Å². The molecule has 3 rings (SSSR count). The summed E-state index contributed by atoms with van der Waals surface area (Å²) >= 11 is 1.68. The quantitative estimate of drug-likeness (QED) is 0.367. The number of carbonyl (C=O) groups excluding carboxylic acids is 1. The molecule has 0 spiro atoms. The Hall–Kier alpha value is -1.68. The zero-order valence-corrected chi connectivity index (χ0v) is 19.8. The predicted octanol–water partition coefficient (Wildman–Crippen LogP) is 3.02. The summed E-state index contributed by atoms with van der Waals surface area (Å²) in [7, 11) is 0. The first-order chi connectivity index (χ1) is 13.1. The second-order valence-corrected chi connectivity index (χ2v) is 7.91. The third kappa shape index (κ3) is 5.91. The molecule has 2 aromatic rings. The molecule has 1 amide bonds.